The Morgan fingerprint density at radius 2 is 1.68 bits per heavy atom. The molecule has 0 radical (unpaired) electrons. The van der Waals surface area contributed by atoms with Crippen LogP contribution in [0.15, 0.2) is 0 Å². The zero-order chi connectivity index (χ0) is 14.7. The standard InChI is InChI=1S/C13H24N2O4/c1-2-3-4-5-6-7-12(17)19-13(18)10(14)8-9-11(15)16/h10H,2-9,14H2,1H3,(H2,15,16)/t10-/m0/s1. The van der Waals surface area contributed by atoms with Crippen molar-refractivity contribution in [3.05, 3.63) is 0 Å². The number of hydrogen-bond acceptors (Lipinski definition) is 5. The van der Waals surface area contributed by atoms with Crippen LogP contribution >= 0.6 is 0 Å². The molecule has 0 aromatic rings. The first-order valence-corrected chi connectivity index (χ1v) is 6.75. The summed E-state index contributed by atoms with van der Waals surface area (Å²) >= 11 is 0. The van der Waals surface area contributed by atoms with Crippen molar-refractivity contribution in [2.45, 2.75) is 64.3 Å². The molecule has 0 unspecified atom stereocenters. The lowest BCUT2D eigenvalue weighted by Crippen LogP contribution is -2.34. The Morgan fingerprint density at radius 3 is 2.26 bits per heavy atom. The number of nitrogens with two attached hydrogens (primary N) is 2. The Kier molecular flexibility index (Phi) is 9.70. The summed E-state index contributed by atoms with van der Waals surface area (Å²) < 4.78 is 4.60. The van der Waals surface area contributed by atoms with E-state index in [0.29, 0.717) is 6.42 Å². The van der Waals surface area contributed by atoms with Gasteiger partial charge in [0.1, 0.15) is 6.04 Å². The van der Waals surface area contributed by atoms with Crippen LogP contribution in [0.3, 0.4) is 0 Å². The van der Waals surface area contributed by atoms with Crippen LogP contribution in [-0.2, 0) is 19.1 Å². The molecule has 1 atom stereocenters. The van der Waals surface area contributed by atoms with Crippen LogP contribution in [0.4, 0.5) is 0 Å². The van der Waals surface area contributed by atoms with Crippen LogP contribution in [0.25, 0.3) is 0 Å². The van der Waals surface area contributed by atoms with E-state index in [4.69, 9.17) is 11.5 Å². The second-order valence-corrected chi connectivity index (χ2v) is 4.57. The van der Waals surface area contributed by atoms with Gasteiger partial charge in [-0.15, -0.1) is 0 Å². The Bertz CT molecular complexity index is 305. The molecule has 0 bridgehead atoms. The highest BCUT2D eigenvalue weighted by Crippen LogP contribution is 2.06. The Labute approximate surface area is 113 Å². The van der Waals surface area contributed by atoms with Gasteiger partial charge in [-0.05, 0) is 12.8 Å². The van der Waals surface area contributed by atoms with Crippen LogP contribution in [0.2, 0.25) is 0 Å². The first kappa shape index (κ1) is 17.6. The molecule has 110 valence electrons. The monoisotopic (exact) mass is 272 g/mol. The third kappa shape index (κ3) is 10.2. The van der Waals surface area contributed by atoms with Gasteiger partial charge in [-0.25, -0.2) is 4.79 Å². The first-order chi connectivity index (χ1) is 8.97. The minimum atomic E-state index is -0.975. The van der Waals surface area contributed by atoms with Gasteiger partial charge in [0.05, 0.1) is 0 Å². The Balaban J connectivity index is 3.73. The quantitative estimate of drug-likeness (QED) is 0.350. The predicted octanol–water partition coefficient (Wildman–Crippen LogP) is 1.01. The highest BCUT2D eigenvalue weighted by atomic mass is 16.6. The van der Waals surface area contributed by atoms with Crippen LogP contribution in [0.1, 0.15) is 58.3 Å². The Morgan fingerprint density at radius 1 is 1.05 bits per heavy atom. The van der Waals surface area contributed by atoms with Crippen LogP contribution < -0.4 is 11.5 Å². The van der Waals surface area contributed by atoms with Gasteiger partial charge in [-0.3, -0.25) is 9.59 Å². The molecule has 0 fully saturated rings. The highest BCUT2D eigenvalue weighted by molar-refractivity contribution is 5.88. The van der Waals surface area contributed by atoms with Crippen molar-refractivity contribution in [3.8, 4) is 0 Å². The van der Waals surface area contributed by atoms with E-state index in [-0.39, 0.29) is 19.3 Å². The van der Waals surface area contributed by atoms with E-state index in [0.717, 1.165) is 25.7 Å². The van der Waals surface area contributed by atoms with Gasteiger partial charge in [0.2, 0.25) is 5.91 Å². The molecule has 0 aliphatic rings. The van der Waals surface area contributed by atoms with Crippen molar-refractivity contribution in [1.29, 1.82) is 0 Å². The van der Waals surface area contributed by atoms with Gasteiger partial charge >= 0.3 is 11.9 Å². The summed E-state index contributed by atoms with van der Waals surface area (Å²) in [6.45, 7) is 2.11. The summed E-state index contributed by atoms with van der Waals surface area (Å²) in [6, 6.07) is -0.975. The maximum atomic E-state index is 11.4. The molecule has 0 heterocycles. The Hall–Kier alpha value is -1.43. The largest absolute Gasteiger partial charge is 0.392 e. The molecule has 0 saturated heterocycles. The van der Waals surface area contributed by atoms with E-state index < -0.39 is 23.9 Å². The summed E-state index contributed by atoms with van der Waals surface area (Å²) in [5, 5.41) is 0. The SMILES string of the molecule is CCCCCCCC(=O)OC(=O)[C@@H](N)CCC(N)=O. The second kappa shape index (κ2) is 10.5. The number of unbranched alkanes of at least 4 members (excludes halogenated alkanes) is 4. The number of esters is 2. The first-order valence-electron chi connectivity index (χ1n) is 6.75. The fourth-order valence-electron chi connectivity index (χ4n) is 1.53. The molecule has 19 heavy (non-hydrogen) atoms. The average molecular weight is 272 g/mol. The van der Waals surface area contributed by atoms with Crippen LogP contribution in [0, 0.1) is 0 Å². The summed E-state index contributed by atoms with van der Waals surface area (Å²) in [7, 11) is 0. The van der Waals surface area contributed by atoms with E-state index in [9.17, 15) is 14.4 Å². The van der Waals surface area contributed by atoms with E-state index in [1.807, 2.05) is 0 Å². The normalized spacial score (nSPS) is 11.9. The minimum absolute atomic E-state index is 0.00146. The number of carbonyl (C=O) groups is 3. The molecule has 6 nitrogen and oxygen atoms in total. The van der Waals surface area contributed by atoms with Crippen molar-refractivity contribution in [3.63, 3.8) is 0 Å². The fraction of sp³-hybridized carbons (Fsp3) is 0.769. The number of primary amides is 1. The maximum Gasteiger partial charge on any atom is 0.330 e. The van der Waals surface area contributed by atoms with Gasteiger partial charge in [0, 0.05) is 12.8 Å². The average Bonchev–Trinajstić information content (AvgIpc) is 2.35. The zero-order valence-corrected chi connectivity index (χ0v) is 11.5. The molecular weight excluding hydrogens is 248 g/mol. The highest BCUT2D eigenvalue weighted by Gasteiger charge is 2.19. The third-order valence-corrected chi connectivity index (χ3v) is 2.70. The van der Waals surface area contributed by atoms with E-state index in [1.165, 1.54) is 0 Å². The number of ether oxygens (including phenoxy) is 1. The summed E-state index contributed by atoms with van der Waals surface area (Å²) in [6.07, 6.45) is 5.34. The van der Waals surface area contributed by atoms with Gasteiger partial charge in [-0.2, -0.15) is 0 Å². The molecule has 0 saturated carbocycles. The lowest BCUT2D eigenvalue weighted by Gasteiger charge is -2.09. The third-order valence-electron chi connectivity index (χ3n) is 2.70. The molecular formula is C13H24N2O4. The second-order valence-electron chi connectivity index (χ2n) is 4.57. The zero-order valence-electron chi connectivity index (χ0n) is 11.5. The fourth-order valence-corrected chi connectivity index (χ4v) is 1.53. The molecule has 0 spiro atoms. The number of amides is 1. The molecule has 1 amide bonds. The molecule has 0 aliphatic heterocycles. The lowest BCUT2D eigenvalue weighted by molar-refractivity contribution is -0.160. The molecule has 4 N–H and O–H groups in total. The molecule has 0 rings (SSSR count). The van der Waals surface area contributed by atoms with Crippen LogP contribution in [-0.4, -0.2) is 23.9 Å². The van der Waals surface area contributed by atoms with Crippen LogP contribution in [0.5, 0.6) is 0 Å². The van der Waals surface area contributed by atoms with Crippen molar-refractivity contribution in [2.75, 3.05) is 0 Å². The number of rotatable bonds is 10. The van der Waals surface area contributed by atoms with E-state index in [1.54, 1.807) is 0 Å². The van der Waals surface area contributed by atoms with E-state index >= 15 is 0 Å². The van der Waals surface area contributed by atoms with Crippen molar-refractivity contribution < 1.29 is 19.1 Å². The topological polar surface area (TPSA) is 112 Å². The molecule has 0 aliphatic carbocycles. The number of hydrogen-bond donors (Lipinski definition) is 2. The summed E-state index contributed by atoms with van der Waals surface area (Å²) in [5.74, 6) is -1.89. The summed E-state index contributed by atoms with van der Waals surface area (Å²) in [4.78, 5) is 33.2. The van der Waals surface area contributed by atoms with Crippen molar-refractivity contribution in [1.82, 2.24) is 0 Å². The minimum Gasteiger partial charge on any atom is -0.392 e. The van der Waals surface area contributed by atoms with Gasteiger partial charge in [0.15, 0.2) is 0 Å². The summed E-state index contributed by atoms with van der Waals surface area (Å²) in [5.41, 5.74) is 10.4. The molecule has 0 aromatic heterocycles. The van der Waals surface area contributed by atoms with Crippen molar-refractivity contribution in [2.24, 2.45) is 11.5 Å². The molecule has 6 heteroatoms. The smallest absolute Gasteiger partial charge is 0.330 e. The van der Waals surface area contributed by atoms with Gasteiger partial charge in [0.25, 0.3) is 0 Å². The number of carbonyl (C=O) groups excluding carboxylic acids is 3. The predicted molar refractivity (Wildman–Crippen MR) is 70.9 cm³/mol. The maximum absolute atomic E-state index is 11.4. The van der Waals surface area contributed by atoms with Crippen molar-refractivity contribution >= 4 is 17.8 Å². The van der Waals surface area contributed by atoms with Gasteiger partial charge < -0.3 is 16.2 Å². The van der Waals surface area contributed by atoms with Gasteiger partial charge in [-0.1, -0.05) is 32.6 Å². The lowest BCUT2D eigenvalue weighted by atomic mass is 10.1. The molecule has 0 aromatic carbocycles. The van der Waals surface area contributed by atoms with E-state index in [2.05, 4.69) is 11.7 Å².